The molecule has 3 aromatic rings. The van der Waals surface area contributed by atoms with Crippen LogP contribution in [0, 0.1) is 10.1 Å². The van der Waals surface area contributed by atoms with E-state index >= 15 is 0 Å². The summed E-state index contributed by atoms with van der Waals surface area (Å²) in [5.41, 5.74) is 2.39. The first kappa shape index (κ1) is 24.5. The van der Waals surface area contributed by atoms with Crippen molar-refractivity contribution in [3.63, 3.8) is 0 Å². The lowest BCUT2D eigenvalue weighted by atomic mass is 10.1. The molecule has 2 N–H and O–H groups in total. The smallest absolute Gasteiger partial charge is 0.286 e. The fourth-order valence-corrected chi connectivity index (χ4v) is 3.42. The maximum atomic E-state index is 12.6. The summed E-state index contributed by atoms with van der Waals surface area (Å²) >= 11 is 1.39. The summed E-state index contributed by atoms with van der Waals surface area (Å²) in [4.78, 5) is 39.7. The molecule has 0 bridgehead atoms. The lowest BCUT2D eigenvalue weighted by Crippen LogP contribution is -2.36. The molecular formula is C22H22N4O7S. The van der Waals surface area contributed by atoms with Crippen LogP contribution in [-0.4, -0.2) is 42.5 Å². The Kier molecular flexibility index (Phi) is 8.35. The van der Waals surface area contributed by atoms with Crippen molar-refractivity contribution in [1.82, 2.24) is 15.6 Å². The van der Waals surface area contributed by atoms with Crippen molar-refractivity contribution >= 4 is 28.8 Å². The Hall–Kier alpha value is -4.19. The number of methoxy groups -OCH3 is 2. The molecule has 0 fully saturated rings. The van der Waals surface area contributed by atoms with E-state index in [1.165, 1.54) is 24.5 Å². The van der Waals surface area contributed by atoms with Crippen molar-refractivity contribution in [2.45, 2.75) is 13.2 Å². The number of nitrogens with zero attached hydrogens (tertiary/aromatic N) is 2. The number of hydrogen-bond acceptors (Lipinski definition) is 9. The Morgan fingerprint density at radius 1 is 1.09 bits per heavy atom. The van der Waals surface area contributed by atoms with Gasteiger partial charge in [0.05, 0.1) is 43.0 Å². The van der Waals surface area contributed by atoms with E-state index in [-0.39, 0.29) is 36.8 Å². The molecule has 3 rings (SSSR count). The van der Waals surface area contributed by atoms with Gasteiger partial charge in [-0.2, -0.15) is 0 Å². The van der Waals surface area contributed by atoms with Gasteiger partial charge >= 0.3 is 0 Å². The Balaban J connectivity index is 1.63. The van der Waals surface area contributed by atoms with Crippen LogP contribution in [0.3, 0.4) is 0 Å². The van der Waals surface area contributed by atoms with Crippen LogP contribution >= 0.6 is 11.3 Å². The molecular weight excluding hydrogens is 464 g/mol. The van der Waals surface area contributed by atoms with Gasteiger partial charge in [-0.05, 0) is 17.7 Å². The molecule has 0 aliphatic carbocycles. The number of thiazole rings is 1. The standard InChI is InChI=1S/C22H22N4O7S/c1-31-16-5-3-14(4-6-16)9-23-21(27)10-24-22(28)17-7-19(32-2)20(8-18(17)26(29)30)33-11-15-12-34-13-25-15/h3-8,12-13H,9-11H2,1-2H3,(H,23,27)(H,24,28). The van der Waals surface area contributed by atoms with Crippen molar-refractivity contribution in [3.05, 3.63) is 74.2 Å². The minimum Gasteiger partial charge on any atom is -0.497 e. The molecule has 0 unspecified atom stereocenters. The van der Waals surface area contributed by atoms with E-state index in [2.05, 4.69) is 15.6 Å². The fraction of sp³-hybridized carbons (Fsp3) is 0.227. The Labute approximate surface area is 198 Å². The second-order valence-electron chi connectivity index (χ2n) is 6.85. The lowest BCUT2D eigenvalue weighted by molar-refractivity contribution is -0.385. The van der Waals surface area contributed by atoms with E-state index in [9.17, 15) is 19.7 Å². The van der Waals surface area contributed by atoms with Gasteiger partial charge in [0.25, 0.3) is 11.6 Å². The number of nitrogens with one attached hydrogen (secondary N) is 2. The van der Waals surface area contributed by atoms with Crippen LogP contribution in [0.2, 0.25) is 0 Å². The highest BCUT2D eigenvalue weighted by Gasteiger charge is 2.25. The van der Waals surface area contributed by atoms with Crippen LogP contribution in [0.1, 0.15) is 21.6 Å². The number of carbonyl (C=O) groups is 2. The topological polar surface area (TPSA) is 142 Å². The molecule has 178 valence electrons. The monoisotopic (exact) mass is 486 g/mol. The van der Waals surface area contributed by atoms with Gasteiger partial charge in [0, 0.05) is 18.0 Å². The summed E-state index contributed by atoms with van der Waals surface area (Å²) in [5, 5.41) is 18.4. The highest BCUT2D eigenvalue weighted by Crippen LogP contribution is 2.35. The molecule has 2 amide bonds. The predicted molar refractivity (Wildman–Crippen MR) is 123 cm³/mol. The van der Waals surface area contributed by atoms with Crippen LogP contribution in [0.5, 0.6) is 17.2 Å². The quantitative estimate of drug-likeness (QED) is 0.311. The van der Waals surface area contributed by atoms with Crippen molar-refractivity contribution < 1.29 is 28.7 Å². The number of benzene rings is 2. The molecule has 0 spiro atoms. The first-order valence-corrected chi connectivity index (χ1v) is 10.9. The summed E-state index contributed by atoms with van der Waals surface area (Å²) in [6.45, 7) is -0.0366. The predicted octanol–water partition coefficient (Wildman–Crippen LogP) is 2.69. The second kappa shape index (κ2) is 11.6. The molecule has 0 saturated carbocycles. The van der Waals surface area contributed by atoms with Gasteiger partial charge in [0.15, 0.2) is 11.5 Å². The number of nitro benzene ring substituents is 1. The number of hydrogen-bond donors (Lipinski definition) is 2. The maximum Gasteiger partial charge on any atom is 0.286 e. The second-order valence-corrected chi connectivity index (χ2v) is 7.57. The van der Waals surface area contributed by atoms with Crippen molar-refractivity contribution in [1.29, 1.82) is 0 Å². The largest absolute Gasteiger partial charge is 0.497 e. The summed E-state index contributed by atoms with van der Waals surface area (Å²) in [5.74, 6) is -0.331. The van der Waals surface area contributed by atoms with Gasteiger partial charge in [0.1, 0.15) is 17.9 Å². The van der Waals surface area contributed by atoms with Crippen LogP contribution in [0.4, 0.5) is 5.69 Å². The maximum absolute atomic E-state index is 12.6. The Morgan fingerprint density at radius 2 is 1.85 bits per heavy atom. The highest BCUT2D eigenvalue weighted by atomic mass is 32.1. The van der Waals surface area contributed by atoms with E-state index in [1.54, 1.807) is 42.3 Å². The zero-order chi connectivity index (χ0) is 24.5. The van der Waals surface area contributed by atoms with E-state index in [0.29, 0.717) is 11.4 Å². The Bertz CT molecular complexity index is 1150. The zero-order valence-electron chi connectivity index (χ0n) is 18.4. The van der Waals surface area contributed by atoms with Crippen molar-refractivity contribution in [2.24, 2.45) is 0 Å². The number of amides is 2. The highest BCUT2D eigenvalue weighted by molar-refractivity contribution is 7.07. The SMILES string of the molecule is COc1ccc(CNC(=O)CNC(=O)c2cc(OC)c(OCc3cscn3)cc2[N+](=O)[O-])cc1. The van der Waals surface area contributed by atoms with Gasteiger partial charge in [-0.3, -0.25) is 19.7 Å². The molecule has 12 heteroatoms. The molecule has 0 atom stereocenters. The minimum atomic E-state index is -0.796. The van der Waals surface area contributed by atoms with E-state index in [1.807, 2.05) is 0 Å². The van der Waals surface area contributed by atoms with Gasteiger partial charge < -0.3 is 24.8 Å². The Morgan fingerprint density at radius 3 is 2.47 bits per heavy atom. The molecule has 2 aromatic carbocycles. The third-order valence-corrected chi connectivity index (χ3v) is 5.28. The van der Waals surface area contributed by atoms with Crippen LogP contribution < -0.4 is 24.8 Å². The number of rotatable bonds is 11. The number of nitro groups is 1. The summed E-state index contributed by atoms with van der Waals surface area (Å²) in [6.07, 6.45) is 0. The molecule has 0 saturated heterocycles. The number of aromatic nitrogens is 1. The van der Waals surface area contributed by atoms with Gasteiger partial charge in [-0.15, -0.1) is 11.3 Å². The van der Waals surface area contributed by atoms with Gasteiger partial charge in [0.2, 0.25) is 5.91 Å². The van der Waals surface area contributed by atoms with Crippen LogP contribution in [0.25, 0.3) is 0 Å². The minimum absolute atomic E-state index is 0.0803. The fourth-order valence-electron chi connectivity index (χ4n) is 2.88. The van der Waals surface area contributed by atoms with Gasteiger partial charge in [-0.25, -0.2) is 4.98 Å². The van der Waals surface area contributed by atoms with E-state index < -0.39 is 22.4 Å². The first-order chi connectivity index (χ1) is 16.4. The van der Waals surface area contributed by atoms with E-state index in [0.717, 1.165) is 11.6 Å². The summed E-state index contributed by atoms with van der Waals surface area (Å²) in [6, 6.07) is 9.44. The normalized spacial score (nSPS) is 10.3. The number of carbonyl (C=O) groups excluding carboxylic acids is 2. The molecule has 0 radical (unpaired) electrons. The number of ether oxygens (including phenoxy) is 3. The summed E-state index contributed by atoms with van der Waals surface area (Å²) in [7, 11) is 2.91. The zero-order valence-corrected chi connectivity index (χ0v) is 19.2. The molecule has 1 heterocycles. The summed E-state index contributed by atoms with van der Waals surface area (Å²) < 4.78 is 15.9. The molecule has 11 nitrogen and oxygen atoms in total. The lowest BCUT2D eigenvalue weighted by Gasteiger charge is -2.12. The van der Waals surface area contributed by atoms with E-state index in [4.69, 9.17) is 14.2 Å². The molecule has 0 aliphatic heterocycles. The first-order valence-electron chi connectivity index (χ1n) is 9.95. The van der Waals surface area contributed by atoms with Crippen molar-refractivity contribution in [3.8, 4) is 17.2 Å². The average Bonchev–Trinajstić information content (AvgIpc) is 3.38. The molecule has 1 aromatic heterocycles. The van der Waals surface area contributed by atoms with Gasteiger partial charge in [-0.1, -0.05) is 12.1 Å². The average molecular weight is 487 g/mol. The third-order valence-electron chi connectivity index (χ3n) is 4.64. The van der Waals surface area contributed by atoms with Crippen molar-refractivity contribution in [2.75, 3.05) is 20.8 Å². The van der Waals surface area contributed by atoms with Crippen LogP contribution in [0.15, 0.2) is 47.3 Å². The third kappa shape index (κ3) is 6.42. The molecule has 0 aliphatic rings. The van der Waals surface area contributed by atoms with Crippen LogP contribution in [-0.2, 0) is 17.9 Å². The molecule has 34 heavy (non-hydrogen) atoms.